The second-order valence-electron chi connectivity index (χ2n) is 5.67. The van der Waals surface area contributed by atoms with Gasteiger partial charge < -0.3 is 4.74 Å². The van der Waals surface area contributed by atoms with Crippen LogP contribution in [0.15, 0.2) is 45.6 Å². The van der Waals surface area contributed by atoms with Crippen LogP contribution in [0.4, 0.5) is 10.5 Å². The Morgan fingerprint density at radius 3 is 2.43 bits per heavy atom. The molecule has 1 heterocycles. The molecule has 1 amide bonds. The third-order valence-corrected chi connectivity index (χ3v) is 3.93. The van der Waals surface area contributed by atoms with Gasteiger partial charge in [0.15, 0.2) is 0 Å². The molecule has 1 aromatic heterocycles. The van der Waals surface area contributed by atoms with E-state index in [2.05, 4.69) is 15.9 Å². The Labute approximate surface area is 137 Å². The molecule has 1 aromatic carbocycles. The SMILES string of the molecule is CC(C)(C)OC(=O)N(Cc1ccsc1)c1ccc(Br)cc1. The second-order valence-corrected chi connectivity index (χ2v) is 7.37. The Morgan fingerprint density at radius 1 is 1.24 bits per heavy atom. The van der Waals surface area contributed by atoms with Crippen LogP contribution in [0.25, 0.3) is 0 Å². The summed E-state index contributed by atoms with van der Waals surface area (Å²) < 4.78 is 6.49. The number of thiophene rings is 1. The number of nitrogens with zero attached hydrogens (tertiary/aromatic N) is 1. The van der Waals surface area contributed by atoms with E-state index < -0.39 is 5.60 Å². The van der Waals surface area contributed by atoms with Crippen LogP contribution in [-0.4, -0.2) is 11.7 Å². The fourth-order valence-electron chi connectivity index (χ4n) is 1.76. The van der Waals surface area contributed by atoms with E-state index in [1.54, 1.807) is 16.2 Å². The smallest absolute Gasteiger partial charge is 0.415 e. The fraction of sp³-hybridized carbons (Fsp3) is 0.312. The van der Waals surface area contributed by atoms with E-state index in [1.165, 1.54) is 0 Å². The minimum Gasteiger partial charge on any atom is -0.443 e. The Bertz CT molecular complexity index is 588. The number of carbonyl (C=O) groups is 1. The Morgan fingerprint density at radius 2 is 1.90 bits per heavy atom. The summed E-state index contributed by atoms with van der Waals surface area (Å²) in [7, 11) is 0. The maximum absolute atomic E-state index is 12.5. The fourth-order valence-corrected chi connectivity index (χ4v) is 2.69. The van der Waals surface area contributed by atoms with Crippen LogP contribution in [0.3, 0.4) is 0 Å². The first-order valence-electron chi connectivity index (χ1n) is 6.62. The predicted molar refractivity (Wildman–Crippen MR) is 90.9 cm³/mol. The summed E-state index contributed by atoms with van der Waals surface area (Å²) in [4.78, 5) is 14.1. The van der Waals surface area contributed by atoms with Crippen LogP contribution in [0.2, 0.25) is 0 Å². The molecule has 0 atom stereocenters. The van der Waals surface area contributed by atoms with E-state index in [-0.39, 0.29) is 6.09 Å². The molecule has 0 radical (unpaired) electrons. The third kappa shape index (κ3) is 4.86. The van der Waals surface area contributed by atoms with E-state index in [0.29, 0.717) is 6.54 Å². The van der Waals surface area contributed by atoms with Crippen LogP contribution >= 0.6 is 27.3 Å². The zero-order valence-corrected chi connectivity index (χ0v) is 14.7. The van der Waals surface area contributed by atoms with Crippen molar-refractivity contribution >= 4 is 39.0 Å². The molecule has 0 N–H and O–H groups in total. The second kappa shape index (κ2) is 6.62. The zero-order chi connectivity index (χ0) is 15.5. The van der Waals surface area contributed by atoms with Gasteiger partial charge in [0.2, 0.25) is 0 Å². The minimum absolute atomic E-state index is 0.337. The number of benzene rings is 1. The molecule has 0 aliphatic rings. The summed E-state index contributed by atoms with van der Waals surface area (Å²) in [5, 5.41) is 4.04. The van der Waals surface area contributed by atoms with Gasteiger partial charge in [-0.1, -0.05) is 15.9 Å². The van der Waals surface area contributed by atoms with Crippen molar-refractivity contribution in [1.82, 2.24) is 0 Å². The number of hydrogen-bond donors (Lipinski definition) is 0. The highest BCUT2D eigenvalue weighted by molar-refractivity contribution is 9.10. The number of anilines is 1. The van der Waals surface area contributed by atoms with Gasteiger partial charge in [0, 0.05) is 10.2 Å². The number of carbonyl (C=O) groups excluding carboxylic acids is 1. The molecule has 112 valence electrons. The molecule has 3 nitrogen and oxygen atoms in total. The Kier molecular flexibility index (Phi) is 5.06. The normalized spacial score (nSPS) is 11.2. The van der Waals surface area contributed by atoms with Crippen molar-refractivity contribution in [3.05, 3.63) is 51.1 Å². The van der Waals surface area contributed by atoms with E-state index in [1.807, 2.05) is 61.9 Å². The molecule has 2 rings (SSSR count). The highest BCUT2D eigenvalue weighted by atomic mass is 79.9. The van der Waals surface area contributed by atoms with Gasteiger partial charge in [-0.3, -0.25) is 4.90 Å². The summed E-state index contributed by atoms with van der Waals surface area (Å²) in [6.45, 7) is 6.11. The Balaban J connectivity index is 2.25. The van der Waals surface area contributed by atoms with Crippen LogP contribution in [-0.2, 0) is 11.3 Å². The molecule has 21 heavy (non-hydrogen) atoms. The van der Waals surface area contributed by atoms with Crippen molar-refractivity contribution in [1.29, 1.82) is 0 Å². The van der Waals surface area contributed by atoms with E-state index >= 15 is 0 Å². The van der Waals surface area contributed by atoms with Gasteiger partial charge in [-0.15, -0.1) is 0 Å². The number of amides is 1. The average Bonchev–Trinajstić information content (AvgIpc) is 2.88. The quantitative estimate of drug-likeness (QED) is 0.721. The van der Waals surface area contributed by atoms with Gasteiger partial charge in [-0.25, -0.2) is 4.79 Å². The molecule has 5 heteroatoms. The zero-order valence-electron chi connectivity index (χ0n) is 12.3. The maximum Gasteiger partial charge on any atom is 0.415 e. The third-order valence-electron chi connectivity index (χ3n) is 2.67. The van der Waals surface area contributed by atoms with Crippen molar-refractivity contribution in [3.63, 3.8) is 0 Å². The molecule has 0 saturated heterocycles. The molecule has 0 fully saturated rings. The van der Waals surface area contributed by atoms with E-state index in [9.17, 15) is 4.79 Å². The van der Waals surface area contributed by atoms with Gasteiger partial charge in [0.05, 0.1) is 6.54 Å². The maximum atomic E-state index is 12.5. The van der Waals surface area contributed by atoms with Crippen molar-refractivity contribution in [2.75, 3.05) is 4.90 Å². The standard InChI is InChI=1S/C16H18BrNO2S/c1-16(2,3)20-15(19)18(10-12-8-9-21-11-12)14-6-4-13(17)5-7-14/h4-9,11H,10H2,1-3H3. The first kappa shape index (κ1) is 16.0. The van der Waals surface area contributed by atoms with E-state index in [0.717, 1.165) is 15.7 Å². The predicted octanol–water partition coefficient (Wildman–Crippen LogP) is 5.45. The molecule has 0 spiro atoms. The van der Waals surface area contributed by atoms with Gasteiger partial charge >= 0.3 is 6.09 Å². The molecule has 0 unspecified atom stereocenters. The minimum atomic E-state index is -0.515. The highest BCUT2D eigenvalue weighted by Crippen LogP contribution is 2.23. The lowest BCUT2D eigenvalue weighted by atomic mass is 10.2. The largest absolute Gasteiger partial charge is 0.443 e. The van der Waals surface area contributed by atoms with Gasteiger partial charge in [-0.2, -0.15) is 11.3 Å². The van der Waals surface area contributed by atoms with E-state index in [4.69, 9.17) is 4.74 Å². The highest BCUT2D eigenvalue weighted by Gasteiger charge is 2.23. The summed E-state index contributed by atoms with van der Waals surface area (Å²) in [5.41, 5.74) is 1.40. The van der Waals surface area contributed by atoms with Crippen molar-refractivity contribution in [3.8, 4) is 0 Å². The number of rotatable bonds is 3. The Hall–Kier alpha value is -1.33. The number of halogens is 1. The average molecular weight is 368 g/mol. The van der Waals surface area contributed by atoms with Crippen LogP contribution in [0.5, 0.6) is 0 Å². The monoisotopic (exact) mass is 367 g/mol. The molecular formula is C16H18BrNO2S. The van der Waals surface area contributed by atoms with Crippen molar-refractivity contribution in [2.45, 2.75) is 32.9 Å². The molecule has 2 aromatic rings. The van der Waals surface area contributed by atoms with Gasteiger partial charge in [0.1, 0.15) is 5.60 Å². The van der Waals surface area contributed by atoms with Crippen LogP contribution in [0, 0.1) is 0 Å². The molecule has 0 aliphatic heterocycles. The van der Waals surface area contributed by atoms with Crippen molar-refractivity contribution in [2.24, 2.45) is 0 Å². The summed E-state index contributed by atoms with van der Waals surface area (Å²) in [5.74, 6) is 0. The lowest BCUT2D eigenvalue weighted by molar-refractivity contribution is 0.0577. The molecule has 0 aliphatic carbocycles. The van der Waals surface area contributed by atoms with Gasteiger partial charge in [-0.05, 0) is 67.4 Å². The molecule has 0 bridgehead atoms. The van der Waals surface area contributed by atoms with Gasteiger partial charge in [0.25, 0.3) is 0 Å². The lowest BCUT2D eigenvalue weighted by Gasteiger charge is -2.27. The molecular weight excluding hydrogens is 350 g/mol. The summed E-state index contributed by atoms with van der Waals surface area (Å²) in [6.07, 6.45) is -0.337. The summed E-state index contributed by atoms with van der Waals surface area (Å²) >= 11 is 5.03. The van der Waals surface area contributed by atoms with Crippen LogP contribution in [0.1, 0.15) is 26.3 Å². The topological polar surface area (TPSA) is 29.5 Å². The molecule has 0 saturated carbocycles. The van der Waals surface area contributed by atoms with Crippen LogP contribution < -0.4 is 4.90 Å². The van der Waals surface area contributed by atoms with Crippen molar-refractivity contribution < 1.29 is 9.53 Å². The first-order chi connectivity index (χ1) is 9.85. The first-order valence-corrected chi connectivity index (χ1v) is 8.36. The number of hydrogen-bond acceptors (Lipinski definition) is 3. The lowest BCUT2D eigenvalue weighted by Crippen LogP contribution is -2.36. The number of ether oxygens (including phenoxy) is 1. The summed E-state index contributed by atoms with van der Waals surface area (Å²) in [6, 6.07) is 9.66.